The molecule has 1 amide bonds. The summed E-state index contributed by atoms with van der Waals surface area (Å²) in [5, 5.41) is 13.1. The molecule has 0 fully saturated rings. The SMILES string of the molecule is O=C(C=Cc1ccc(CNCc2cc3ccccc3[nH]2)cc1)NO. The molecule has 0 saturated heterocycles. The van der Waals surface area contributed by atoms with E-state index in [-0.39, 0.29) is 0 Å². The molecule has 0 bridgehead atoms. The molecule has 3 rings (SSSR count). The Bertz CT molecular complexity index is 817. The maximum Gasteiger partial charge on any atom is 0.267 e. The molecule has 122 valence electrons. The van der Waals surface area contributed by atoms with Crippen molar-refractivity contribution in [2.45, 2.75) is 13.1 Å². The number of benzene rings is 2. The number of hydroxylamine groups is 1. The third kappa shape index (κ3) is 4.10. The van der Waals surface area contributed by atoms with Crippen LogP contribution >= 0.6 is 0 Å². The van der Waals surface area contributed by atoms with Crippen molar-refractivity contribution >= 4 is 22.9 Å². The summed E-state index contributed by atoms with van der Waals surface area (Å²) in [6, 6.07) is 18.3. The summed E-state index contributed by atoms with van der Waals surface area (Å²) in [6.45, 7) is 1.53. The van der Waals surface area contributed by atoms with Gasteiger partial charge in [-0.25, -0.2) is 5.48 Å². The minimum Gasteiger partial charge on any atom is -0.357 e. The lowest BCUT2D eigenvalue weighted by atomic mass is 10.1. The van der Waals surface area contributed by atoms with Crippen LogP contribution in [0.25, 0.3) is 17.0 Å². The molecule has 5 heteroatoms. The van der Waals surface area contributed by atoms with Gasteiger partial charge in [-0.05, 0) is 34.7 Å². The number of aromatic amines is 1. The Labute approximate surface area is 140 Å². The number of hydrogen-bond acceptors (Lipinski definition) is 3. The Balaban J connectivity index is 1.53. The van der Waals surface area contributed by atoms with Gasteiger partial charge >= 0.3 is 0 Å². The van der Waals surface area contributed by atoms with Gasteiger partial charge in [0.1, 0.15) is 0 Å². The van der Waals surface area contributed by atoms with Crippen molar-refractivity contribution in [1.29, 1.82) is 0 Å². The lowest BCUT2D eigenvalue weighted by molar-refractivity contribution is -0.124. The maximum absolute atomic E-state index is 10.9. The van der Waals surface area contributed by atoms with E-state index in [1.54, 1.807) is 11.6 Å². The Morgan fingerprint density at radius 2 is 1.88 bits per heavy atom. The van der Waals surface area contributed by atoms with E-state index in [4.69, 9.17) is 5.21 Å². The number of carbonyl (C=O) groups excluding carboxylic acids is 1. The van der Waals surface area contributed by atoms with Crippen LogP contribution in [0.5, 0.6) is 0 Å². The van der Waals surface area contributed by atoms with E-state index >= 15 is 0 Å². The maximum atomic E-state index is 10.9. The van der Waals surface area contributed by atoms with Crippen LogP contribution in [-0.2, 0) is 17.9 Å². The molecule has 0 spiro atoms. The molecule has 2 aromatic carbocycles. The first-order valence-corrected chi connectivity index (χ1v) is 7.73. The van der Waals surface area contributed by atoms with Gasteiger partial charge in [0.05, 0.1) is 0 Å². The fraction of sp³-hybridized carbons (Fsp3) is 0.105. The van der Waals surface area contributed by atoms with Crippen LogP contribution in [0.2, 0.25) is 0 Å². The number of H-pyrrole nitrogens is 1. The lowest BCUT2D eigenvalue weighted by Gasteiger charge is -2.04. The summed E-state index contributed by atoms with van der Waals surface area (Å²) >= 11 is 0. The third-order valence-corrected chi connectivity index (χ3v) is 3.75. The summed E-state index contributed by atoms with van der Waals surface area (Å²) in [5.41, 5.74) is 5.93. The van der Waals surface area contributed by atoms with E-state index < -0.39 is 5.91 Å². The van der Waals surface area contributed by atoms with E-state index in [0.29, 0.717) is 0 Å². The molecule has 0 aliphatic carbocycles. The van der Waals surface area contributed by atoms with E-state index in [2.05, 4.69) is 28.5 Å². The molecule has 0 radical (unpaired) electrons. The molecule has 3 aromatic rings. The molecule has 4 N–H and O–H groups in total. The number of aromatic nitrogens is 1. The first kappa shape index (κ1) is 16.0. The monoisotopic (exact) mass is 321 g/mol. The first-order chi connectivity index (χ1) is 11.7. The topological polar surface area (TPSA) is 77.2 Å². The standard InChI is InChI=1S/C19H19N3O2/c23-19(22-24)10-9-14-5-7-15(8-6-14)12-20-13-17-11-16-3-1-2-4-18(16)21-17/h1-11,20-21,24H,12-13H2,(H,22,23). The van der Waals surface area contributed by atoms with Crippen molar-refractivity contribution in [2.24, 2.45) is 0 Å². The molecular formula is C19H19N3O2. The number of rotatable bonds is 6. The van der Waals surface area contributed by atoms with Gasteiger partial charge in [-0.2, -0.15) is 0 Å². The number of carbonyl (C=O) groups is 1. The summed E-state index contributed by atoms with van der Waals surface area (Å²) in [5.74, 6) is -0.543. The van der Waals surface area contributed by atoms with Crippen molar-refractivity contribution < 1.29 is 10.0 Å². The van der Waals surface area contributed by atoms with E-state index in [1.165, 1.54) is 11.5 Å². The molecule has 1 aromatic heterocycles. The second kappa shape index (κ2) is 7.59. The summed E-state index contributed by atoms with van der Waals surface area (Å²) in [6.07, 6.45) is 2.93. The predicted octanol–water partition coefficient (Wildman–Crippen LogP) is 2.98. The molecule has 0 aliphatic rings. The molecule has 0 saturated carbocycles. The normalized spacial score (nSPS) is 11.2. The van der Waals surface area contributed by atoms with Crippen molar-refractivity contribution in [2.75, 3.05) is 0 Å². The molecule has 0 atom stereocenters. The summed E-state index contributed by atoms with van der Waals surface area (Å²) < 4.78 is 0. The molecule has 1 heterocycles. The van der Waals surface area contributed by atoms with Gasteiger partial charge in [-0.1, -0.05) is 42.5 Å². The van der Waals surface area contributed by atoms with Crippen molar-refractivity contribution in [3.63, 3.8) is 0 Å². The highest BCUT2D eigenvalue weighted by Gasteiger charge is 2.00. The zero-order valence-electron chi connectivity index (χ0n) is 13.1. The Morgan fingerprint density at radius 3 is 2.62 bits per heavy atom. The van der Waals surface area contributed by atoms with E-state index in [1.807, 2.05) is 36.4 Å². The fourth-order valence-electron chi connectivity index (χ4n) is 2.53. The summed E-state index contributed by atoms with van der Waals surface area (Å²) in [7, 11) is 0. The summed E-state index contributed by atoms with van der Waals surface area (Å²) in [4.78, 5) is 14.3. The van der Waals surface area contributed by atoms with Crippen LogP contribution in [0.15, 0.2) is 60.7 Å². The second-order valence-electron chi connectivity index (χ2n) is 5.54. The number of hydrogen-bond donors (Lipinski definition) is 4. The number of para-hydroxylation sites is 1. The Morgan fingerprint density at radius 1 is 1.08 bits per heavy atom. The number of nitrogens with one attached hydrogen (secondary N) is 3. The van der Waals surface area contributed by atoms with Gasteiger partial charge in [-0.3, -0.25) is 10.0 Å². The van der Waals surface area contributed by atoms with Gasteiger partial charge < -0.3 is 10.3 Å². The number of amides is 1. The average Bonchev–Trinajstić information content (AvgIpc) is 3.03. The smallest absolute Gasteiger partial charge is 0.267 e. The quantitative estimate of drug-likeness (QED) is 0.320. The van der Waals surface area contributed by atoms with Crippen LogP contribution < -0.4 is 10.8 Å². The fourth-order valence-corrected chi connectivity index (χ4v) is 2.53. The van der Waals surface area contributed by atoms with Crippen LogP contribution in [0.1, 0.15) is 16.8 Å². The zero-order chi connectivity index (χ0) is 16.8. The molecular weight excluding hydrogens is 302 g/mol. The number of fused-ring (bicyclic) bond motifs is 1. The van der Waals surface area contributed by atoms with Crippen molar-refractivity contribution in [3.8, 4) is 0 Å². The first-order valence-electron chi connectivity index (χ1n) is 7.73. The van der Waals surface area contributed by atoms with E-state index in [9.17, 15) is 4.79 Å². The van der Waals surface area contributed by atoms with Crippen molar-refractivity contribution in [3.05, 3.63) is 77.5 Å². The second-order valence-corrected chi connectivity index (χ2v) is 5.54. The van der Waals surface area contributed by atoms with Crippen LogP contribution in [0.3, 0.4) is 0 Å². The minimum absolute atomic E-state index is 0.543. The third-order valence-electron chi connectivity index (χ3n) is 3.75. The largest absolute Gasteiger partial charge is 0.357 e. The van der Waals surface area contributed by atoms with Gasteiger partial charge in [0.25, 0.3) is 5.91 Å². The van der Waals surface area contributed by atoms with Gasteiger partial charge in [0, 0.05) is 30.4 Å². The lowest BCUT2D eigenvalue weighted by Crippen LogP contribution is -2.14. The molecule has 24 heavy (non-hydrogen) atoms. The van der Waals surface area contributed by atoms with Gasteiger partial charge in [0.2, 0.25) is 0 Å². The van der Waals surface area contributed by atoms with E-state index in [0.717, 1.165) is 35.4 Å². The van der Waals surface area contributed by atoms with Crippen molar-refractivity contribution in [1.82, 2.24) is 15.8 Å². The van der Waals surface area contributed by atoms with Gasteiger partial charge in [0.15, 0.2) is 0 Å². The molecule has 0 unspecified atom stereocenters. The van der Waals surface area contributed by atoms with Crippen LogP contribution in [-0.4, -0.2) is 16.1 Å². The van der Waals surface area contributed by atoms with Crippen LogP contribution in [0, 0.1) is 0 Å². The highest BCUT2D eigenvalue weighted by atomic mass is 16.5. The highest BCUT2D eigenvalue weighted by molar-refractivity contribution is 5.90. The molecule has 5 nitrogen and oxygen atoms in total. The Hall–Kier alpha value is -2.89. The predicted molar refractivity (Wildman–Crippen MR) is 94.2 cm³/mol. The Kier molecular flexibility index (Phi) is 5.05. The minimum atomic E-state index is -0.543. The average molecular weight is 321 g/mol. The zero-order valence-corrected chi connectivity index (χ0v) is 13.1. The molecule has 0 aliphatic heterocycles. The van der Waals surface area contributed by atoms with Gasteiger partial charge in [-0.15, -0.1) is 0 Å². The van der Waals surface area contributed by atoms with Crippen LogP contribution in [0.4, 0.5) is 0 Å². The highest BCUT2D eigenvalue weighted by Crippen LogP contribution is 2.14.